The minimum Gasteiger partial charge on any atom is -0.312 e. The van der Waals surface area contributed by atoms with Crippen LogP contribution in [0.2, 0.25) is 0 Å². The SMILES string of the molecule is CC(C)CNCc1cnc(C2CCCCS2)nc1. The quantitative estimate of drug-likeness (QED) is 0.887. The van der Waals surface area contributed by atoms with Gasteiger partial charge in [-0.2, -0.15) is 11.8 Å². The Labute approximate surface area is 114 Å². The first-order valence-corrected chi connectivity index (χ1v) is 7.93. The van der Waals surface area contributed by atoms with E-state index in [1.807, 2.05) is 24.2 Å². The van der Waals surface area contributed by atoms with Crippen molar-refractivity contribution in [3.63, 3.8) is 0 Å². The van der Waals surface area contributed by atoms with Gasteiger partial charge < -0.3 is 5.32 Å². The predicted molar refractivity (Wildman–Crippen MR) is 77.6 cm³/mol. The first-order chi connectivity index (χ1) is 8.75. The first kappa shape index (κ1) is 13.8. The first-order valence-electron chi connectivity index (χ1n) is 6.89. The number of rotatable bonds is 5. The molecule has 3 nitrogen and oxygen atoms in total. The Morgan fingerprint density at radius 3 is 2.72 bits per heavy atom. The van der Waals surface area contributed by atoms with E-state index in [9.17, 15) is 0 Å². The molecule has 1 atom stereocenters. The molecule has 0 bridgehead atoms. The maximum Gasteiger partial charge on any atom is 0.141 e. The second-order valence-corrected chi connectivity index (χ2v) is 6.64. The second-order valence-electron chi connectivity index (χ2n) is 5.33. The van der Waals surface area contributed by atoms with Crippen molar-refractivity contribution in [3.8, 4) is 0 Å². The molecule has 2 heterocycles. The highest BCUT2D eigenvalue weighted by Gasteiger charge is 2.18. The van der Waals surface area contributed by atoms with Crippen LogP contribution in [0.5, 0.6) is 0 Å². The Bertz CT molecular complexity index is 345. The van der Waals surface area contributed by atoms with Crippen molar-refractivity contribution in [2.75, 3.05) is 12.3 Å². The number of thioether (sulfide) groups is 1. The lowest BCUT2D eigenvalue weighted by Gasteiger charge is -2.19. The molecule has 0 saturated carbocycles. The minimum atomic E-state index is 0.524. The van der Waals surface area contributed by atoms with Crippen molar-refractivity contribution in [2.45, 2.75) is 44.9 Å². The van der Waals surface area contributed by atoms with Crippen LogP contribution in [0.3, 0.4) is 0 Å². The predicted octanol–water partition coefficient (Wildman–Crippen LogP) is 3.18. The normalized spacial score (nSPS) is 20.3. The lowest BCUT2D eigenvalue weighted by atomic mass is 10.2. The summed E-state index contributed by atoms with van der Waals surface area (Å²) in [6.45, 7) is 6.34. The van der Waals surface area contributed by atoms with Crippen molar-refractivity contribution in [2.24, 2.45) is 5.92 Å². The van der Waals surface area contributed by atoms with Crippen LogP contribution in [0.15, 0.2) is 12.4 Å². The molecule has 1 aliphatic rings. The maximum absolute atomic E-state index is 4.53. The van der Waals surface area contributed by atoms with Crippen molar-refractivity contribution < 1.29 is 0 Å². The van der Waals surface area contributed by atoms with E-state index >= 15 is 0 Å². The molecule has 1 fully saturated rings. The molecule has 0 aliphatic carbocycles. The van der Waals surface area contributed by atoms with Gasteiger partial charge in [-0.3, -0.25) is 0 Å². The van der Waals surface area contributed by atoms with Crippen molar-refractivity contribution in [1.29, 1.82) is 0 Å². The van der Waals surface area contributed by atoms with Crippen molar-refractivity contribution >= 4 is 11.8 Å². The topological polar surface area (TPSA) is 37.8 Å². The number of aromatic nitrogens is 2. The van der Waals surface area contributed by atoms with Gasteiger partial charge in [0.25, 0.3) is 0 Å². The van der Waals surface area contributed by atoms with Crippen LogP contribution in [0.1, 0.15) is 49.7 Å². The van der Waals surface area contributed by atoms with Crippen LogP contribution in [0, 0.1) is 5.92 Å². The molecular formula is C14H23N3S. The van der Waals surface area contributed by atoms with Crippen LogP contribution in [0.4, 0.5) is 0 Å². The van der Waals surface area contributed by atoms with Gasteiger partial charge in [0.2, 0.25) is 0 Å². The number of hydrogen-bond acceptors (Lipinski definition) is 4. The number of nitrogens with one attached hydrogen (secondary N) is 1. The average molecular weight is 265 g/mol. The summed E-state index contributed by atoms with van der Waals surface area (Å²) < 4.78 is 0. The molecule has 0 aromatic carbocycles. The Balaban J connectivity index is 1.84. The molecule has 1 saturated heterocycles. The van der Waals surface area contributed by atoms with E-state index in [-0.39, 0.29) is 0 Å². The summed E-state index contributed by atoms with van der Waals surface area (Å²) in [5, 5.41) is 3.94. The zero-order valence-corrected chi connectivity index (χ0v) is 12.2. The molecule has 1 aliphatic heterocycles. The van der Waals surface area contributed by atoms with Gasteiger partial charge >= 0.3 is 0 Å². The third kappa shape index (κ3) is 4.25. The van der Waals surface area contributed by atoms with E-state index in [2.05, 4.69) is 29.1 Å². The molecule has 1 aromatic heterocycles. The average Bonchev–Trinajstić information content (AvgIpc) is 2.40. The summed E-state index contributed by atoms with van der Waals surface area (Å²) in [6.07, 6.45) is 7.85. The lowest BCUT2D eigenvalue weighted by Crippen LogP contribution is -2.19. The molecule has 0 radical (unpaired) electrons. The molecular weight excluding hydrogens is 242 g/mol. The highest BCUT2D eigenvalue weighted by atomic mass is 32.2. The summed E-state index contributed by atoms with van der Waals surface area (Å²) in [5.41, 5.74) is 1.18. The van der Waals surface area contributed by atoms with Gasteiger partial charge in [-0.1, -0.05) is 20.3 Å². The third-order valence-electron chi connectivity index (χ3n) is 3.07. The largest absolute Gasteiger partial charge is 0.312 e. The molecule has 0 spiro atoms. The van der Waals surface area contributed by atoms with E-state index in [1.54, 1.807) is 0 Å². The second kappa shape index (κ2) is 7.10. The Kier molecular flexibility index (Phi) is 5.45. The highest BCUT2D eigenvalue weighted by Crippen LogP contribution is 2.36. The maximum atomic E-state index is 4.53. The van der Waals surface area contributed by atoms with E-state index in [0.717, 1.165) is 18.9 Å². The van der Waals surface area contributed by atoms with E-state index in [0.29, 0.717) is 11.2 Å². The molecule has 100 valence electrons. The zero-order chi connectivity index (χ0) is 12.8. The van der Waals surface area contributed by atoms with Gasteiger partial charge in [-0.05, 0) is 31.1 Å². The van der Waals surface area contributed by atoms with Crippen LogP contribution in [-0.4, -0.2) is 22.3 Å². The summed E-state index contributed by atoms with van der Waals surface area (Å²) in [7, 11) is 0. The number of hydrogen-bond donors (Lipinski definition) is 1. The van der Waals surface area contributed by atoms with Gasteiger partial charge in [0.1, 0.15) is 5.82 Å². The third-order valence-corrected chi connectivity index (χ3v) is 4.45. The Morgan fingerprint density at radius 1 is 1.33 bits per heavy atom. The van der Waals surface area contributed by atoms with Crippen LogP contribution in [0.25, 0.3) is 0 Å². The molecule has 18 heavy (non-hydrogen) atoms. The lowest BCUT2D eigenvalue weighted by molar-refractivity contribution is 0.550. The summed E-state index contributed by atoms with van der Waals surface area (Å²) in [4.78, 5) is 9.06. The van der Waals surface area contributed by atoms with Crippen LogP contribution in [-0.2, 0) is 6.54 Å². The van der Waals surface area contributed by atoms with Gasteiger partial charge in [0.05, 0.1) is 5.25 Å². The molecule has 4 heteroatoms. The fourth-order valence-corrected chi connectivity index (χ4v) is 3.33. The zero-order valence-electron chi connectivity index (χ0n) is 11.4. The summed E-state index contributed by atoms with van der Waals surface area (Å²) >= 11 is 2.00. The van der Waals surface area contributed by atoms with E-state index in [4.69, 9.17) is 0 Å². The van der Waals surface area contributed by atoms with Gasteiger partial charge in [0, 0.05) is 24.5 Å². The van der Waals surface area contributed by atoms with Crippen molar-refractivity contribution in [1.82, 2.24) is 15.3 Å². The van der Waals surface area contributed by atoms with E-state index in [1.165, 1.54) is 30.6 Å². The van der Waals surface area contributed by atoms with Crippen LogP contribution >= 0.6 is 11.8 Å². The highest BCUT2D eigenvalue weighted by molar-refractivity contribution is 7.99. The summed E-state index contributed by atoms with van der Waals surface area (Å²) in [6, 6.07) is 0. The fraction of sp³-hybridized carbons (Fsp3) is 0.714. The fourth-order valence-electron chi connectivity index (χ4n) is 2.07. The van der Waals surface area contributed by atoms with Gasteiger partial charge in [0.15, 0.2) is 0 Å². The monoisotopic (exact) mass is 265 g/mol. The van der Waals surface area contributed by atoms with Crippen LogP contribution < -0.4 is 5.32 Å². The van der Waals surface area contributed by atoms with Crippen molar-refractivity contribution in [3.05, 3.63) is 23.8 Å². The van der Waals surface area contributed by atoms with E-state index < -0.39 is 0 Å². The van der Waals surface area contributed by atoms with Gasteiger partial charge in [-0.15, -0.1) is 0 Å². The Hall–Kier alpha value is -0.610. The molecule has 0 amide bonds. The minimum absolute atomic E-state index is 0.524. The smallest absolute Gasteiger partial charge is 0.141 e. The molecule has 2 rings (SSSR count). The molecule has 1 aromatic rings. The summed E-state index contributed by atoms with van der Waals surface area (Å²) in [5.74, 6) is 2.96. The Morgan fingerprint density at radius 2 is 2.11 bits per heavy atom. The standard InChI is InChI=1S/C14H23N3S/c1-11(2)7-15-8-12-9-16-14(17-10-12)13-5-3-4-6-18-13/h9-11,13,15H,3-8H2,1-2H3. The molecule has 1 unspecified atom stereocenters. The van der Waals surface area contributed by atoms with Gasteiger partial charge in [-0.25, -0.2) is 9.97 Å². The molecule has 1 N–H and O–H groups in total. The number of nitrogens with zero attached hydrogens (tertiary/aromatic N) is 2.